The van der Waals surface area contributed by atoms with Crippen molar-refractivity contribution < 1.29 is 5.11 Å². The van der Waals surface area contributed by atoms with Crippen molar-refractivity contribution in [3.05, 3.63) is 11.6 Å². The minimum Gasteiger partial charge on any atom is -0.389 e. The third kappa shape index (κ3) is 3.83. The van der Waals surface area contributed by atoms with Crippen molar-refractivity contribution in [2.75, 3.05) is 0 Å². The van der Waals surface area contributed by atoms with Crippen molar-refractivity contribution in [3.8, 4) is 0 Å². The monoisotopic (exact) mass is 196 g/mol. The Labute approximate surface area is 88.2 Å². The molecule has 1 N–H and O–H groups in total. The SMILES string of the molecule is CC(C)CCC1=CC(O)CC(C)(C)C1. The summed E-state index contributed by atoms with van der Waals surface area (Å²) >= 11 is 0. The fraction of sp³-hybridized carbons (Fsp3) is 0.846. The first-order valence-electron chi connectivity index (χ1n) is 5.77. The molecule has 0 aromatic rings. The molecular formula is C13H24O. The minimum absolute atomic E-state index is 0.207. The van der Waals surface area contributed by atoms with Crippen LogP contribution in [-0.4, -0.2) is 11.2 Å². The molecule has 1 aliphatic carbocycles. The summed E-state index contributed by atoms with van der Waals surface area (Å²) in [5.41, 5.74) is 1.75. The lowest BCUT2D eigenvalue weighted by atomic mass is 9.75. The predicted molar refractivity (Wildman–Crippen MR) is 61.2 cm³/mol. The van der Waals surface area contributed by atoms with Crippen LogP contribution in [0.25, 0.3) is 0 Å². The summed E-state index contributed by atoms with van der Waals surface area (Å²) in [6.07, 6.45) is 6.36. The molecule has 0 saturated carbocycles. The topological polar surface area (TPSA) is 20.2 Å². The molecule has 1 atom stereocenters. The second-order valence-electron chi connectivity index (χ2n) is 5.87. The smallest absolute Gasteiger partial charge is 0.0728 e. The van der Waals surface area contributed by atoms with Crippen molar-refractivity contribution in [2.24, 2.45) is 11.3 Å². The molecule has 1 aliphatic rings. The first-order chi connectivity index (χ1) is 6.39. The van der Waals surface area contributed by atoms with Crippen LogP contribution in [0.3, 0.4) is 0 Å². The van der Waals surface area contributed by atoms with Crippen molar-refractivity contribution >= 4 is 0 Å². The van der Waals surface area contributed by atoms with Gasteiger partial charge in [-0.2, -0.15) is 0 Å². The summed E-state index contributed by atoms with van der Waals surface area (Å²) < 4.78 is 0. The van der Waals surface area contributed by atoms with E-state index < -0.39 is 0 Å². The second kappa shape index (κ2) is 4.48. The number of rotatable bonds is 3. The molecule has 1 heteroatoms. The zero-order chi connectivity index (χ0) is 10.8. The Balaban J connectivity index is 2.52. The molecule has 0 aromatic carbocycles. The first kappa shape index (κ1) is 11.8. The van der Waals surface area contributed by atoms with Gasteiger partial charge in [0.2, 0.25) is 0 Å². The van der Waals surface area contributed by atoms with Crippen LogP contribution in [0.15, 0.2) is 11.6 Å². The molecule has 1 unspecified atom stereocenters. The lowest BCUT2D eigenvalue weighted by molar-refractivity contribution is 0.137. The molecule has 0 heterocycles. The van der Waals surface area contributed by atoms with E-state index in [1.54, 1.807) is 0 Å². The lowest BCUT2D eigenvalue weighted by Crippen LogP contribution is -2.25. The molecule has 0 spiro atoms. The Hall–Kier alpha value is -0.300. The van der Waals surface area contributed by atoms with Gasteiger partial charge in [-0.3, -0.25) is 0 Å². The molecule has 14 heavy (non-hydrogen) atoms. The molecule has 0 amide bonds. The van der Waals surface area contributed by atoms with Crippen LogP contribution in [-0.2, 0) is 0 Å². The van der Waals surface area contributed by atoms with Crippen LogP contribution < -0.4 is 0 Å². The number of hydrogen-bond acceptors (Lipinski definition) is 1. The summed E-state index contributed by atoms with van der Waals surface area (Å²) in [6, 6.07) is 0. The van der Waals surface area contributed by atoms with E-state index in [1.165, 1.54) is 12.0 Å². The maximum atomic E-state index is 9.70. The van der Waals surface area contributed by atoms with Gasteiger partial charge < -0.3 is 5.11 Å². The van der Waals surface area contributed by atoms with Gasteiger partial charge in [-0.15, -0.1) is 0 Å². The Morgan fingerprint density at radius 2 is 2.14 bits per heavy atom. The molecule has 1 rings (SSSR count). The summed E-state index contributed by atoms with van der Waals surface area (Å²) in [6.45, 7) is 9.01. The first-order valence-corrected chi connectivity index (χ1v) is 5.77. The average Bonchev–Trinajstić information content (AvgIpc) is 1.96. The van der Waals surface area contributed by atoms with Crippen LogP contribution in [0.4, 0.5) is 0 Å². The van der Waals surface area contributed by atoms with Crippen molar-refractivity contribution in [2.45, 2.75) is 59.5 Å². The Kier molecular flexibility index (Phi) is 3.77. The van der Waals surface area contributed by atoms with Crippen LogP contribution in [0.5, 0.6) is 0 Å². The third-order valence-electron chi connectivity index (χ3n) is 2.94. The van der Waals surface area contributed by atoms with Crippen LogP contribution >= 0.6 is 0 Å². The molecular weight excluding hydrogens is 172 g/mol. The summed E-state index contributed by atoms with van der Waals surface area (Å²) in [5, 5.41) is 9.70. The number of aliphatic hydroxyl groups excluding tert-OH is 1. The van der Waals surface area contributed by atoms with Gasteiger partial charge in [0.25, 0.3) is 0 Å². The molecule has 1 nitrogen and oxygen atoms in total. The van der Waals surface area contributed by atoms with Crippen molar-refractivity contribution in [1.29, 1.82) is 0 Å². The van der Waals surface area contributed by atoms with E-state index in [0.717, 1.165) is 25.2 Å². The van der Waals surface area contributed by atoms with Gasteiger partial charge in [0.1, 0.15) is 0 Å². The maximum absolute atomic E-state index is 9.70. The molecule has 0 saturated heterocycles. The molecule has 0 aliphatic heterocycles. The van der Waals surface area contributed by atoms with E-state index in [4.69, 9.17) is 0 Å². The van der Waals surface area contributed by atoms with Gasteiger partial charge in [-0.1, -0.05) is 39.3 Å². The average molecular weight is 196 g/mol. The molecule has 0 radical (unpaired) electrons. The van der Waals surface area contributed by atoms with Gasteiger partial charge in [0.05, 0.1) is 6.10 Å². The number of hydrogen-bond donors (Lipinski definition) is 1. The van der Waals surface area contributed by atoms with E-state index in [0.29, 0.717) is 5.41 Å². The number of aliphatic hydroxyl groups is 1. The van der Waals surface area contributed by atoms with Crippen LogP contribution in [0.2, 0.25) is 0 Å². The standard InChI is InChI=1S/C13H24O/c1-10(2)5-6-11-7-12(14)9-13(3,4)8-11/h7,10,12,14H,5-6,8-9H2,1-4H3. The van der Waals surface area contributed by atoms with Gasteiger partial charge in [-0.05, 0) is 37.0 Å². The highest BCUT2D eigenvalue weighted by Crippen LogP contribution is 2.37. The van der Waals surface area contributed by atoms with Crippen molar-refractivity contribution in [1.82, 2.24) is 0 Å². The Morgan fingerprint density at radius 3 is 2.64 bits per heavy atom. The fourth-order valence-corrected chi connectivity index (χ4v) is 2.29. The maximum Gasteiger partial charge on any atom is 0.0728 e. The summed E-state index contributed by atoms with van der Waals surface area (Å²) in [7, 11) is 0. The molecule has 82 valence electrons. The van der Waals surface area contributed by atoms with Gasteiger partial charge in [0.15, 0.2) is 0 Å². The Morgan fingerprint density at radius 1 is 1.50 bits per heavy atom. The fourth-order valence-electron chi connectivity index (χ4n) is 2.29. The summed E-state index contributed by atoms with van der Waals surface area (Å²) in [5.74, 6) is 0.762. The van der Waals surface area contributed by atoms with Gasteiger partial charge >= 0.3 is 0 Å². The molecule has 0 fully saturated rings. The minimum atomic E-state index is -0.207. The largest absolute Gasteiger partial charge is 0.389 e. The highest BCUT2D eigenvalue weighted by Gasteiger charge is 2.27. The Bertz CT molecular complexity index is 213. The molecule has 0 aromatic heterocycles. The van der Waals surface area contributed by atoms with E-state index in [1.807, 2.05) is 0 Å². The highest BCUT2D eigenvalue weighted by molar-refractivity contribution is 5.12. The summed E-state index contributed by atoms with van der Waals surface area (Å²) in [4.78, 5) is 0. The zero-order valence-electron chi connectivity index (χ0n) is 10.0. The highest BCUT2D eigenvalue weighted by atomic mass is 16.3. The van der Waals surface area contributed by atoms with E-state index in [2.05, 4.69) is 33.8 Å². The number of allylic oxidation sites excluding steroid dienone is 1. The van der Waals surface area contributed by atoms with E-state index in [9.17, 15) is 5.11 Å². The van der Waals surface area contributed by atoms with E-state index in [-0.39, 0.29) is 6.10 Å². The van der Waals surface area contributed by atoms with Crippen LogP contribution in [0.1, 0.15) is 53.4 Å². The van der Waals surface area contributed by atoms with Gasteiger partial charge in [0, 0.05) is 0 Å². The zero-order valence-corrected chi connectivity index (χ0v) is 10.0. The normalized spacial score (nSPS) is 26.4. The van der Waals surface area contributed by atoms with E-state index >= 15 is 0 Å². The quantitative estimate of drug-likeness (QED) is 0.685. The second-order valence-corrected chi connectivity index (χ2v) is 5.87. The molecule has 0 bridgehead atoms. The van der Waals surface area contributed by atoms with Crippen LogP contribution in [0, 0.1) is 11.3 Å². The predicted octanol–water partition coefficient (Wildman–Crippen LogP) is 3.53. The third-order valence-corrected chi connectivity index (χ3v) is 2.94. The lowest BCUT2D eigenvalue weighted by Gasteiger charge is -2.32. The van der Waals surface area contributed by atoms with Gasteiger partial charge in [-0.25, -0.2) is 0 Å². The van der Waals surface area contributed by atoms with Crippen molar-refractivity contribution in [3.63, 3.8) is 0 Å².